The molecule has 2 heterocycles. The number of benzene rings is 2. The van der Waals surface area contributed by atoms with E-state index >= 15 is 0 Å². The van der Waals surface area contributed by atoms with Crippen LogP contribution >= 0.6 is 23.1 Å². The number of fused-ring (bicyclic) bond motifs is 3. The monoisotopic (exact) mass is 369 g/mol. The molecule has 0 radical (unpaired) electrons. The van der Waals surface area contributed by atoms with Gasteiger partial charge in [-0.2, -0.15) is 0 Å². The molecule has 0 saturated carbocycles. The van der Waals surface area contributed by atoms with E-state index in [0.29, 0.717) is 10.9 Å². The van der Waals surface area contributed by atoms with Crippen LogP contribution in [0.3, 0.4) is 0 Å². The number of carbonyl (C=O) groups excluding carboxylic acids is 1. The smallest absolute Gasteiger partial charge is 0.293 e. The van der Waals surface area contributed by atoms with E-state index in [1.165, 1.54) is 11.3 Å². The molecule has 25 heavy (non-hydrogen) atoms. The Labute approximate surface area is 152 Å². The topological polar surface area (TPSA) is 68.0 Å². The molecule has 2 aromatic carbocycles. The first-order chi connectivity index (χ1) is 12.2. The molecule has 0 fully saturated rings. The van der Waals surface area contributed by atoms with Gasteiger partial charge in [0.2, 0.25) is 5.13 Å². The summed E-state index contributed by atoms with van der Waals surface area (Å²) in [5.41, 5.74) is 1.56. The standard InChI is InChI=1S/C18H15N3O2S2/c1-3-24-18-21-20-17(25-18)19-16(22)14-10(2)12-9-8-11-6-4-5-7-13(11)15(12)23-14/h4-9H,3H2,1-2H3,(H,19,20,22). The maximum absolute atomic E-state index is 12.6. The normalized spacial score (nSPS) is 11.3. The van der Waals surface area contributed by atoms with E-state index in [2.05, 4.69) is 15.5 Å². The first kappa shape index (κ1) is 16.1. The molecular weight excluding hydrogens is 354 g/mol. The zero-order chi connectivity index (χ0) is 17.4. The summed E-state index contributed by atoms with van der Waals surface area (Å²) in [6, 6.07) is 12.0. The Balaban J connectivity index is 1.71. The van der Waals surface area contributed by atoms with E-state index in [4.69, 9.17) is 4.42 Å². The summed E-state index contributed by atoms with van der Waals surface area (Å²) < 4.78 is 6.78. The van der Waals surface area contributed by atoms with Crippen molar-refractivity contribution >= 4 is 55.9 Å². The number of hydrogen-bond acceptors (Lipinski definition) is 6. The van der Waals surface area contributed by atoms with E-state index in [1.54, 1.807) is 11.8 Å². The molecule has 0 atom stereocenters. The number of nitrogens with zero attached hydrogens (tertiary/aromatic N) is 2. The van der Waals surface area contributed by atoms with Gasteiger partial charge in [-0.25, -0.2) is 0 Å². The van der Waals surface area contributed by atoms with Crippen LogP contribution in [0.4, 0.5) is 5.13 Å². The minimum atomic E-state index is -0.304. The zero-order valence-electron chi connectivity index (χ0n) is 13.7. The Morgan fingerprint density at radius 1 is 1.20 bits per heavy atom. The van der Waals surface area contributed by atoms with E-state index in [0.717, 1.165) is 37.4 Å². The van der Waals surface area contributed by atoms with Crippen molar-refractivity contribution in [1.29, 1.82) is 0 Å². The van der Waals surface area contributed by atoms with Crippen LogP contribution < -0.4 is 5.32 Å². The van der Waals surface area contributed by atoms with Gasteiger partial charge >= 0.3 is 0 Å². The van der Waals surface area contributed by atoms with E-state index in [-0.39, 0.29) is 5.91 Å². The summed E-state index contributed by atoms with van der Waals surface area (Å²) in [7, 11) is 0. The number of hydrogen-bond donors (Lipinski definition) is 1. The Morgan fingerprint density at radius 2 is 2.04 bits per heavy atom. The number of anilines is 1. The third-order valence-corrected chi connectivity index (χ3v) is 5.78. The molecule has 0 bridgehead atoms. The Kier molecular flexibility index (Phi) is 4.19. The highest BCUT2D eigenvalue weighted by molar-refractivity contribution is 8.01. The van der Waals surface area contributed by atoms with Gasteiger partial charge in [0.1, 0.15) is 5.58 Å². The van der Waals surface area contributed by atoms with Crippen LogP contribution in [0.15, 0.2) is 45.2 Å². The predicted octanol–water partition coefficient (Wildman–Crippen LogP) is 5.11. The molecule has 0 unspecified atom stereocenters. The molecule has 2 aromatic heterocycles. The van der Waals surface area contributed by atoms with Crippen molar-refractivity contribution in [2.75, 3.05) is 11.1 Å². The van der Waals surface area contributed by atoms with E-state index < -0.39 is 0 Å². The fourth-order valence-electron chi connectivity index (χ4n) is 2.76. The predicted molar refractivity (Wildman–Crippen MR) is 103 cm³/mol. The van der Waals surface area contributed by atoms with Crippen LogP contribution in [0.2, 0.25) is 0 Å². The van der Waals surface area contributed by atoms with Crippen molar-refractivity contribution in [2.24, 2.45) is 0 Å². The van der Waals surface area contributed by atoms with Gasteiger partial charge in [-0.1, -0.05) is 66.4 Å². The lowest BCUT2D eigenvalue weighted by atomic mass is 10.1. The highest BCUT2D eigenvalue weighted by Crippen LogP contribution is 2.32. The molecule has 5 nitrogen and oxygen atoms in total. The second-order valence-electron chi connectivity index (χ2n) is 5.48. The lowest BCUT2D eigenvalue weighted by Crippen LogP contribution is -2.11. The summed E-state index contributed by atoms with van der Waals surface area (Å²) in [6.07, 6.45) is 0. The van der Waals surface area contributed by atoms with E-state index in [1.807, 2.05) is 50.2 Å². The summed E-state index contributed by atoms with van der Waals surface area (Å²) in [6.45, 7) is 3.94. The van der Waals surface area contributed by atoms with Gasteiger partial charge in [0.05, 0.1) is 0 Å². The number of carbonyl (C=O) groups is 1. The van der Waals surface area contributed by atoms with Crippen LogP contribution in [0.1, 0.15) is 23.0 Å². The third kappa shape index (κ3) is 2.89. The molecule has 0 aliphatic rings. The molecule has 1 N–H and O–H groups in total. The minimum Gasteiger partial charge on any atom is -0.450 e. The molecular formula is C18H15N3O2S2. The quantitative estimate of drug-likeness (QED) is 0.400. The van der Waals surface area contributed by atoms with Crippen molar-refractivity contribution in [2.45, 2.75) is 18.2 Å². The third-order valence-electron chi connectivity index (χ3n) is 3.93. The summed E-state index contributed by atoms with van der Waals surface area (Å²) in [5.74, 6) is 0.923. The average Bonchev–Trinajstić information content (AvgIpc) is 3.20. The maximum Gasteiger partial charge on any atom is 0.293 e. The number of aryl methyl sites for hydroxylation is 1. The van der Waals surface area contributed by atoms with Gasteiger partial charge in [-0.15, -0.1) is 10.2 Å². The molecule has 0 saturated heterocycles. The fourth-order valence-corrected chi connectivity index (χ4v) is 4.41. The zero-order valence-corrected chi connectivity index (χ0v) is 15.3. The van der Waals surface area contributed by atoms with Crippen molar-refractivity contribution in [3.63, 3.8) is 0 Å². The number of nitrogens with one attached hydrogen (secondary N) is 1. The summed E-state index contributed by atoms with van der Waals surface area (Å²) in [5, 5.41) is 14.3. The van der Waals surface area contributed by atoms with Gasteiger partial charge < -0.3 is 4.42 Å². The molecule has 0 spiro atoms. The second-order valence-corrected chi connectivity index (χ2v) is 7.97. The maximum atomic E-state index is 12.6. The lowest BCUT2D eigenvalue weighted by molar-refractivity contribution is 0.0998. The lowest BCUT2D eigenvalue weighted by Gasteiger charge is -1.98. The molecule has 1 amide bonds. The highest BCUT2D eigenvalue weighted by atomic mass is 32.2. The van der Waals surface area contributed by atoms with Crippen molar-refractivity contribution in [3.05, 3.63) is 47.7 Å². The number of aromatic nitrogens is 2. The van der Waals surface area contributed by atoms with Gasteiger partial charge in [0.15, 0.2) is 10.1 Å². The van der Waals surface area contributed by atoms with Gasteiger partial charge in [0, 0.05) is 16.3 Å². The number of furan rings is 1. The number of amides is 1. The SMILES string of the molecule is CCSc1nnc(NC(=O)c2oc3c(ccc4ccccc43)c2C)s1. The van der Waals surface area contributed by atoms with Crippen LogP contribution in [0, 0.1) is 6.92 Å². The summed E-state index contributed by atoms with van der Waals surface area (Å²) in [4.78, 5) is 12.6. The van der Waals surface area contributed by atoms with Crippen LogP contribution in [0.5, 0.6) is 0 Å². The minimum absolute atomic E-state index is 0.304. The fraction of sp³-hybridized carbons (Fsp3) is 0.167. The molecule has 0 aliphatic carbocycles. The van der Waals surface area contributed by atoms with Crippen molar-refractivity contribution in [1.82, 2.24) is 10.2 Å². The first-order valence-electron chi connectivity index (χ1n) is 7.86. The second kappa shape index (κ2) is 6.50. The molecule has 0 aliphatic heterocycles. The van der Waals surface area contributed by atoms with E-state index in [9.17, 15) is 4.79 Å². The largest absolute Gasteiger partial charge is 0.450 e. The van der Waals surface area contributed by atoms with Crippen molar-refractivity contribution < 1.29 is 9.21 Å². The van der Waals surface area contributed by atoms with Gasteiger partial charge in [0.25, 0.3) is 5.91 Å². The van der Waals surface area contributed by atoms with Crippen LogP contribution in [0.25, 0.3) is 21.7 Å². The highest BCUT2D eigenvalue weighted by Gasteiger charge is 2.20. The van der Waals surface area contributed by atoms with Gasteiger partial charge in [-0.3, -0.25) is 10.1 Å². The molecule has 126 valence electrons. The molecule has 4 rings (SSSR count). The number of thioether (sulfide) groups is 1. The molecule has 7 heteroatoms. The Bertz CT molecular complexity index is 1080. The summed E-state index contributed by atoms with van der Waals surface area (Å²) >= 11 is 2.96. The van der Waals surface area contributed by atoms with Crippen molar-refractivity contribution in [3.8, 4) is 0 Å². The number of rotatable bonds is 4. The first-order valence-corrected chi connectivity index (χ1v) is 9.66. The molecule has 4 aromatic rings. The van der Waals surface area contributed by atoms with Crippen LogP contribution in [-0.2, 0) is 0 Å². The van der Waals surface area contributed by atoms with Gasteiger partial charge in [-0.05, 0) is 18.1 Å². The average molecular weight is 369 g/mol. The van der Waals surface area contributed by atoms with Crippen LogP contribution in [-0.4, -0.2) is 21.9 Å². The Hall–Kier alpha value is -2.38. The Morgan fingerprint density at radius 3 is 2.88 bits per heavy atom.